The van der Waals surface area contributed by atoms with Gasteiger partial charge in [0.2, 0.25) is 0 Å². The number of allylic oxidation sites excluding steroid dienone is 4. The molecule has 0 radical (unpaired) electrons. The maximum Gasteiger partial charge on any atom is 0.0342 e. The largest absolute Gasteiger partial charge is 0.168 e. The van der Waals surface area contributed by atoms with Crippen LogP contribution in [0, 0.1) is 0 Å². The lowest BCUT2D eigenvalue weighted by atomic mass is 10.4. The summed E-state index contributed by atoms with van der Waals surface area (Å²) in [7, 11) is -1.26. The van der Waals surface area contributed by atoms with Gasteiger partial charge in [-0.15, -0.1) is 0 Å². The third-order valence-electron chi connectivity index (χ3n) is 4.55. The summed E-state index contributed by atoms with van der Waals surface area (Å²) in [6.07, 6.45) is 18.3. The topological polar surface area (TPSA) is 0 Å². The second-order valence-corrected chi connectivity index (χ2v) is 9.26. The molecule has 0 aliphatic heterocycles. The average molecular weight is 316 g/mol. The Kier molecular flexibility index (Phi) is 3.80. The zero-order valence-electron chi connectivity index (χ0n) is 13.0. The highest BCUT2D eigenvalue weighted by atomic mass is 32.3. The van der Waals surface area contributed by atoms with Crippen molar-refractivity contribution in [1.29, 1.82) is 0 Å². The molecule has 4 rings (SSSR count). The predicted molar refractivity (Wildman–Crippen MR) is 101 cm³/mol. The molecule has 114 valence electrons. The van der Waals surface area contributed by atoms with Gasteiger partial charge in [0.15, 0.2) is 0 Å². The van der Waals surface area contributed by atoms with Crippen LogP contribution in [0.2, 0.25) is 0 Å². The fourth-order valence-electron chi connectivity index (χ4n) is 3.56. The van der Waals surface area contributed by atoms with Crippen molar-refractivity contribution in [2.24, 2.45) is 0 Å². The molecule has 23 heavy (non-hydrogen) atoms. The molecule has 0 saturated heterocycles. The Balaban J connectivity index is 2.01. The fraction of sp³-hybridized carbons (Fsp3) is 0.0909. The van der Waals surface area contributed by atoms with Crippen LogP contribution in [0.25, 0.3) is 0 Å². The van der Waals surface area contributed by atoms with Crippen LogP contribution in [0.15, 0.2) is 119 Å². The second kappa shape index (κ2) is 6.10. The quantitative estimate of drug-likeness (QED) is 0.659. The minimum Gasteiger partial charge on any atom is -0.168 e. The Hall–Kier alpha value is -2.25. The van der Waals surface area contributed by atoms with Crippen molar-refractivity contribution in [1.82, 2.24) is 0 Å². The van der Waals surface area contributed by atoms with Crippen LogP contribution in [0.4, 0.5) is 0 Å². The SMILES string of the molecule is C1=CC(S(c2ccccc2)(c2ccccc2)C2C=CC=C2)C=C1. The van der Waals surface area contributed by atoms with Crippen LogP contribution in [0.1, 0.15) is 0 Å². The average Bonchev–Trinajstić information content (AvgIpc) is 3.32. The smallest absolute Gasteiger partial charge is 0.0342 e. The molecule has 2 aliphatic carbocycles. The van der Waals surface area contributed by atoms with E-state index in [1.165, 1.54) is 9.79 Å². The molecule has 0 unspecified atom stereocenters. The summed E-state index contributed by atoms with van der Waals surface area (Å²) in [5.41, 5.74) is 0. The van der Waals surface area contributed by atoms with Crippen molar-refractivity contribution < 1.29 is 0 Å². The highest BCUT2D eigenvalue weighted by Gasteiger charge is 2.40. The molecule has 2 aliphatic rings. The van der Waals surface area contributed by atoms with Crippen LogP contribution in [0.3, 0.4) is 0 Å². The molecule has 0 heterocycles. The Morgan fingerprint density at radius 1 is 0.478 bits per heavy atom. The first-order chi connectivity index (χ1) is 11.4. The molecular formula is C22H20S. The van der Waals surface area contributed by atoms with E-state index in [4.69, 9.17) is 0 Å². The first-order valence-electron chi connectivity index (χ1n) is 8.03. The Bertz CT molecular complexity index is 688. The van der Waals surface area contributed by atoms with E-state index in [0.717, 1.165) is 0 Å². The van der Waals surface area contributed by atoms with Gasteiger partial charge in [-0.05, 0) is 34.1 Å². The third kappa shape index (κ3) is 2.32. The zero-order valence-corrected chi connectivity index (χ0v) is 13.8. The van der Waals surface area contributed by atoms with Crippen LogP contribution in [0.5, 0.6) is 0 Å². The molecule has 0 spiro atoms. The second-order valence-electron chi connectivity index (χ2n) is 5.80. The van der Waals surface area contributed by atoms with Crippen molar-refractivity contribution in [3.05, 3.63) is 109 Å². The van der Waals surface area contributed by atoms with Crippen LogP contribution in [-0.4, -0.2) is 10.5 Å². The van der Waals surface area contributed by atoms with E-state index < -0.39 is 10.0 Å². The van der Waals surface area contributed by atoms with Crippen molar-refractivity contribution in [2.45, 2.75) is 20.3 Å². The maximum absolute atomic E-state index is 2.37. The molecule has 2 aromatic carbocycles. The molecule has 0 N–H and O–H groups in total. The minimum atomic E-state index is -1.26. The number of benzene rings is 2. The van der Waals surface area contributed by atoms with Crippen LogP contribution in [-0.2, 0) is 0 Å². The first-order valence-corrected chi connectivity index (χ1v) is 9.79. The number of rotatable bonds is 4. The van der Waals surface area contributed by atoms with Crippen LogP contribution >= 0.6 is 10.0 Å². The van der Waals surface area contributed by atoms with Gasteiger partial charge in [0.1, 0.15) is 0 Å². The monoisotopic (exact) mass is 316 g/mol. The standard InChI is InChI=1S/C22H20S/c1-3-11-19(12-4-1)23(21-15-7-8-16-21,22-17-9-10-18-22)20-13-5-2-6-14-20/h1-18,21-22H. The van der Waals surface area contributed by atoms with Gasteiger partial charge in [-0.1, -0.05) is 85.0 Å². The van der Waals surface area contributed by atoms with E-state index in [-0.39, 0.29) is 0 Å². The van der Waals surface area contributed by atoms with Crippen molar-refractivity contribution in [2.75, 3.05) is 0 Å². The highest BCUT2D eigenvalue weighted by Crippen LogP contribution is 2.71. The molecule has 0 fully saturated rings. The van der Waals surface area contributed by atoms with E-state index in [0.29, 0.717) is 10.5 Å². The summed E-state index contributed by atoms with van der Waals surface area (Å²) in [4.78, 5) is 2.90. The summed E-state index contributed by atoms with van der Waals surface area (Å²) < 4.78 is 0. The van der Waals surface area contributed by atoms with Gasteiger partial charge in [0.25, 0.3) is 0 Å². The fourth-order valence-corrected chi connectivity index (χ4v) is 8.02. The molecule has 2 aromatic rings. The van der Waals surface area contributed by atoms with Crippen molar-refractivity contribution >= 4 is 10.0 Å². The van der Waals surface area contributed by atoms with E-state index in [1.807, 2.05) is 0 Å². The van der Waals surface area contributed by atoms with Crippen molar-refractivity contribution in [3.63, 3.8) is 0 Å². The lowest BCUT2D eigenvalue weighted by molar-refractivity contribution is 1.21. The first kappa shape index (κ1) is 14.3. The number of hydrogen-bond donors (Lipinski definition) is 0. The number of hydrogen-bond acceptors (Lipinski definition) is 0. The van der Waals surface area contributed by atoms with Gasteiger partial charge in [0.05, 0.1) is 0 Å². The third-order valence-corrected chi connectivity index (χ3v) is 9.00. The van der Waals surface area contributed by atoms with Crippen molar-refractivity contribution in [3.8, 4) is 0 Å². The molecule has 0 saturated carbocycles. The molecule has 0 amide bonds. The Morgan fingerprint density at radius 3 is 1.17 bits per heavy atom. The highest BCUT2D eigenvalue weighted by molar-refractivity contribution is 8.35. The summed E-state index contributed by atoms with van der Waals surface area (Å²) >= 11 is 0. The summed E-state index contributed by atoms with van der Waals surface area (Å²) in [5.74, 6) is 0. The summed E-state index contributed by atoms with van der Waals surface area (Å²) in [6, 6.07) is 22.1. The lowest BCUT2D eigenvalue weighted by Crippen LogP contribution is -2.23. The Morgan fingerprint density at radius 2 is 0.826 bits per heavy atom. The van der Waals surface area contributed by atoms with Gasteiger partial charge in [-0.2, -0.15) is 10.0 Å². The van der Waals surface area contributed by atoms with Gasteiger partial charge in [-0.25, -0.2) is 0 Å². The molecule has 0 aromatic heterocycles. The lowest BCUT2D eigenvalue weighted by Gasteiger charge is -2.48. The van der Waals surface area contributed by atoms with Crippen LogP contribution < -0.4 is 0 Å². The molecule has 0 nitrogen and oxygen atoms in total. The molecule has 1 heteroatoms. The van der Waals surface area contributed by atoms with Gasteiger partial charge < -0.3 is 0 Å². The van der Waals surface area contributed by atoms with E-state index in [9.17, 15) is 0 Å². The van der Waals surface area contributed by atoms with E-state index >= 15 is 0 Å². The minimum absolute atomic E-state index is 0.435. The normalized spacial score (nSPS) is 18.1. The van der Waals surface area contributed by atoms with Gasteiger partial charge in [-0.3, -0.25) is 0 Å². The molecule has 0 bridgehead atoms. The molecular weight excluding hydrogens is 296 g/mol. The zero-order chi connectivity index (χ0) is 15.5. The van der Waals surface area contributed by atoms with Gasteiger partial charge in [0, 0.05) is 10.5 Å². The summed E-state index contributed by atoms with van der Waals surface area (Å²) in [6.45, 7) is 0. The summed E-state index contributed by atoms with van der Waals surface area (Å²) in [5, 5.41) is 0.870. The molecule has 0 atom stereocenters. The predicted octanol–water partition coefficient (Wildman–Crippen LogP) is 5.90. The Labute approximate surface area is 139 Å². The maximum atomic E-state index is 2.37. The van der Waals surface area contributed by atoms with Gasteiger partial charge >= 0.3 is 0 Å². The van der Waals surface area contributed by atoms with E-state index in [2.05, 4.69) is 109 Å². The van der Waals surface area contributed by atoms with E-state index in [1.54, 1.807) is 0 Å².